The Balaban J connectivity index is 2.03. The number of anilines is 1. The predicted molar refractivity (Wildman–Crippen MR) is 136 cm³/mol. The fourth-order valence-electron chi connectivity index (χ4n) is 4.65. The van der Waals surface area contributed by atoms with E-state index in [1.807, 2.05) is 58.0 Å². The first-order chi connectivity index (χ1) is 16.7. The van der Waals surface area contributed by atoms with Gasteiger partial charge in [-0.3, -0.25) is 14.5 Å². The summed E-state index contributed by atoms with van der Waals surface area (Å²) < 4.78 is 11.0. The second-order valence-corrected chi connectivity index (χ2v) is 8.88. The molecule has 1 saturated heterocycles. The largest absolute Gasteiger partial charge is 0.507 e. The van der Waals surface area contributed by atoms with Gasteiger partial charge in [0.2, 0.25) is 0 Å². The molecule has 1 aliphatic rings. The van der Waals surface area contributed by atoms with E-state index in [0.717, 1.165) is 22.3 Å². The standard InChI is InChI=1S/C29H29NO5/c1-16-12-19(4)28(35-6)23(13-16)26(31)24-25(20-8-7-9-22(15-20)34-5)30(29(33)27(24)32)21-11-10-17(2)18(3)14-21/h7-15,25,31H,1-6H3/b26-24+. The van der Waals surface area contributed by atoms with E-state index in [4.69, 9.17) is 9.47 Å². The number of aryl methyl sites for hydroxylation is 4. The van der Waals surface area contributed by atoms with Crippen LogP contribution in [-0.4, -0.2) is 31.0 Å². The van der Waals surface area contributed by atoms with E-state index in [2.05, 4.69) is 0 Å². The zero-order valence-electron chi connectivity index (χ0n) is 20.8. The lowest BCUT2D eigenvalue weighted by Gasteiger charge is -2.26. The van der Waals surface area contributed by atoms with Crippen molar-refractivity contribution in [2.75, 3.05) is 19.1 Å². The van der Waals surface area contributed by atoms with Crippen molar-refractivity contribution in [2.45, 2.75) is 33.7 Å². The molecule has 3 aromatic carbocycles. The summed E-state index contributed by atoms with van der Waals surface area (Å²) >= 11 is 0. The van der Waals surface area contributed by atoms with Gasteiger partial charge in [-0.1, -0.05) is 24.3 Å². The monoisotopic (exact) mass is 471 g/mol. The van der Waals surface area contributed by atoms with E-state index in [1.165, 1.54) is 12.0 Å². The molecule has 180 valence electrons. The van der Waals surface area contributed by atoms with Gasteiger partial charge in [-0.05, 0) is 85.8 Å². The highest BCUT2D eigenvalue weighted by molar-refractivity contribution is 6.51. The third-order valence-electron chi connectivity index (χ3n) is 6.50. The molecule has 4 rings (SSSR count). The molecule has 0 aliphatic carbocycles. The number of methoxy groups -OCH3 is 2. The molecule has 1 aliphatic heterocycles. The summed E-state index contributed by atoms with van der Waals surface area (Å²) in [6.45, 7) is 7.71. The SMILES string of the molecule is COc1cccc(C2/C(=C(\O)c3cc(C)cc(C)c3OC)C(=O)C(=O)N2c2ccc(C)c(C)c2)c1. The number of ether oxygens (including phenoxy) is 2. The van der Waals surface area contributed by atoms with Crippen LogP contribution in [0.3, 0.4) is 0 Å². The Morgan fingerprint density at radius 1 is 0.857 bits per heavy atom. The van der Waals surface area contributed by atoms with Crippen LogP contribution < -0.4 is 14.4 Å². The molecule has 1 atom stereocenters. The molecular formula is C29H29NO5. The van der Waals surface area contributed by atoms with Crippen molar-refractivity contribution < 1.29 is 24.2 Å². The topological polar surface area (TPSA) is 76.1 Å². The van der Waals surface area contributed by atoms with Crippen LogP contribution in [0.4, 0.5) is 5.69 Å². The van der Waals surface area contributed by atoms with Crippen molar-refractivity contribution >= 4 is 23.1 Å². The van der Waals surface area contributed by atoms with Crippen molar-refractivity contribution in [3.8, 4) is 11.5 Å². The number of Topliss-reactive ketones (excluding diaryl/α,β-unsaturated/α-hetero) is 1. The molecule has 35 heavy (non-hydrogen) atoms. The Bertz CT molecular complexity index is 1370. The number of rotatable bonds is 5. The van der Waals surface area contributed by atoms with Gasteiger partial charge < -0.3 is 14.6 Å². The molecule has 6 heteroatoms. The van der Waals surface area contributed by atoms with Gasteiger partial charge >= 0.3 is 0 Å². The Labute approximate surface area is 205 Å². The van der Waals surface area contributed by atoms with E-state index in [1.54, 1.807) is 31.4 Å². The number of amides is 1. The van der Waals surface area contributed by atoms with E-state index in [9.17, 15) is 14.7 Å². The second-order valence-electron chi connectivity index (χ2n) is 8.88. The molecule has 0 radical (unpaired) electrons. The first-order valence-corrected chi connectivity index (χ1v) is 11.4. The van der Waals surface area contributed by atoms with Crippen LogP contribution in [0, 0.1) is 27.7 Å². The fraction of sp³-hybridized carbons (Fsp3) is 0.241. The molecule has 1 unspecified atom stereocenters. The highest BCUT2D eigenvalue weighted by Gasteiger charge is 2.47. The smallest absolute Gasteiger partial charge is 0.300 e. The van der Waals surface area contributed by atoms with E-state index in [0.29, 0.717) is 28.3 Å². The van der Waals surface area contributed by atoms with Gasteiger partial charge in [0, 0.05) is 5.69 Å². The molecule has 0 bridgehead atoms. The van der Waals surface area contributed by atoms with Crippen molar-refractivity contribution in [3.05, 3.63) is 93.6 Å². The zero-order chi connectivity index (χ0) is 25.4. The molecule has 1 heterocycles. The van der Waals surface area contributed by atoms with Crippen LogP contribution in [0.25, 0.3) is 5.76 Å². The summed E-state index contributed by atoms with van der Waals surface area (Å²) in [5.74, 6) is -0.695. The van der Waals surface area contributed by atoms with Gasteiger partial charge in [0.1, 0.15) is 17.3 Å². The van der Waals surface area contributed by atoms with Gasteiger partial charge in [-0.2, -0.15) is 0 Å². The fourth-order valence-corrected chi connectivity index (χ4v) is 4.65. The van der Waals surface area contributed by atoms with Crippen LogP contribution in [0.15, 0.2) is 60.2 Å². The normalized spacial score (nSPS) is 17.1. The third-order valence-corrected chi connectivity index (χ3v) is 6.50. The summed E-state index contributed by atoms with van der Waals surface area (Å²) in [5.41, 5.74) is 5.37. The lowest BCUT2D eigenvalue weighted by Crippen LogP contribution is -2.29. The Morgan fingerprint density at radius 2 is 1.60 bits per heavy atom. The molecule has 1 fully saturated rings. The van der Waals surface area contributed by atoms with Crippen LogP contribution in [-0.2, 0) is 9.59 Å². The predicted octanol–water partition coefficient (Wildman–Crippen LogP) is 5.56. The maximum Gasteiger partial charge on any atom is 0.300 e. The quantitative estimate of drug-likeness (QED) is 0.299. The minimum Gasteiger partial charge on any atom is -0.507 e. The summed E-state index contributed by atoms with van der Waals surface area (Å²) in [6, 6.07) is 15.6. The molecule has 3 aromatic rings. The summed E-state index contributed by atoms with van der Waals surface area (Å²) in [6.07, 6.45) is 0. The van der Waals surface area contributed by atoms with Gasteiger partial charge in [-0.15, -0.1) is 0 Å². The minimum absolute atomic E-state index is 0.00443. The molecule has 0 saturated carbocycles. The average molecular weight is 472 g/mol. The number of ketones is 1. The van der Waals surface area contributed by atoms with Crippen molar-refractivity contribution in [1.82, 2.24) is 0 Å². The molecule has 1 N–H and O–H groups in total. The van der Waals surface area contributed by atoms with Gasteiger partial charge in [0.05, 0.1) is 31.4 Å². The number of hydrogen-bond donors (Lipinski definition) is 1. The minimum atomic E-state index is -0.849. The molecule has 0 spiro atoms. The van der Waals surface area contributed by atoms with Gasteiger partial charge in [-0.25, -0.2) is 0 Å². The third kappa shape index (κ3) is 4.16. The second kappa shape index (κ2) is 9.29. The Hall–Kier alpha value is -4.06. The zero-order valence-corrected chi connectivity index (χ0v) is 20.8. The Morgan fingerprint density at radius 3 is 2.26 bits per heavy atom. The number of carbonyl (C=O) groups is 2. The van der Waals surface area contributed by atoms with Crippen LogP contribution in [0.2, 0.25) is 0 Å². The van der Waals surface area contributed by atoms with E-state index in [-0.39, 0.29) is 11.3 Å². The lowest BCUT2D eigenvalue weighted by atomic mass is 9.93. The number of carbonyl (C=O) groups excluding carboxylic acids is 2. The van der Waals surface area contributed by atoms with Crippen molar-refractivity contribution in [2.24, 2.45) is 0 Å². The van der Waals surface area contributed by atoms with E-state index < -0.39 is 17.7 Å². The number of aliphatic hydroxyl groups is 1. The first kappa shape index (κ1) is 24.1. The maximum atomic E-state index is 13.5. The molecule has 1 amide bonds. The average Bonchev–Trinajstić information content (AvgIpc) is 3.10. The Kier molecular flexibility index (Phi) is 6.39. The summed E-state index contributed by atoms with van der Waals surface area (Å²) in [4.78, 5) is 28.4. The number of nitrogens with zero attached hydrogens (tertiary/aromatic N) is 1. The summed E-state index contributed by atoms with van der Waals surface area (Å²) in [7, 11) is 3.07. The first-order valence-electron chi connectivity index (χ1n) is 11.4. The lowest BCUT2D eigenvalue weighted by molar-refractivity contribution is -0.132. The highest BCUT2D eigenvalue weighted by Crippen LogP contribution is 2.44. The summed E-state index contributed by atoms with van der Waals surface area (Å²) in [5, 5.41) is 11.6. The maximum absolute atomic E-state index is 13.5. The number of hydrogen-bond acceptors (Lipinski definition) is 5. The van der Waals surface area contributed by atoms with Crippen LogP contribution in [0.1, 0.15) is 39.4 Å². The van der Waals surface area contributed by atoms with Crippen LogP contribution in [0.5, 0.6) is 11.5 Å². The molecular weight excluding hydrogens is 442 g/mol. The number of aliphatic hydroxyl groups excluding tert-OH is 1. The van der Waals surface area contributed by atoms with Crippen LogP contribution >= 0.6 is 0 Å². The van der Waals surface area contributed by atoms with E-state index >= 15 is 0 Å². The number of benzene rings is 3. The molecule has 0 aromatic heterocycles. The van der Waals surface area contributed by atoms with Crippen molar-refractivity contribution in [3.63, 3.8) is 0 Å². The van der Waals surface area contributed by atoms with Gasteiger partial charge in [0.25, 0.3) is 11.7 Å². The van der Waals surface area contributed by atoms with Crippen molar-refractivity contribution in [1.29, 1.82) is 0 Å². The molecule has 6 nitrogen and oxygen atoms in total. The van der Waals surface area contributed by atoms with Gasteiger partial charge in [0.15, 0.2) is 0 Å². The highest BCUT2D eigenvalue weighted by atomic mass is 16.5.